The molecule has 146 valence electrons. The number of nitrogens with one attached hydrogen (secondary N) is 2. The van der Waals surface area contributed by atoms with Crippen molar-refractivity contribution in [2.75, 3.05) is 25.6 Å². The van der Waals surface area contributed by atoms with Crippen LogP contribution in [-0.4, -0.2) is 31.6 Å². The average molecular weight is 386 g/mol. The van der Waals surface area contributed by atoms with Crippen molar-refractivity contribution in [3.8, 4) is 0 Å². The summed E-state index contributed by atoms with van der Waals surface area (Å²) in [7, 11) is 1.81. The van der Waals surface area contributed by atoms with Crippen molar-refractivity contribution < 1.29 is 4.74 Å². The summed E-state index contributed by atoms with van der Waals surface area (Å²) < 4.78 is 5.79. The number of hydrogen-bond acceptors (Lipinski definition) is 3. The molecule has 0 aliphatic rings. The standard InChI is InChI=1S/C22H31N3OS/c1-23-22(24-14-6-7-15-27-2)25-16-19-10-12-21(13-11-19)18-26-17-20-8-4-3-5-9-20/h3-5,8-13H,6-7,14-18H2,1-2H3,(H2,23,24,25). The van der Waals surface area contributed by atoms with Gasteiger partial charge in [0, 0.05) is 20.1 Å². The smallest absolute Gasteiger partial charge is 0.191 e. The molecule has 4 nitrogen and oxygen atoms in total. The Morgan fingerprint density at radius 2 is 1.56 bits per heavy atom. The van der Waals surface area contributed by atoms with Gasteiger partial charge in [0.2, 0.25) is 0 Å². The predicted molar refractivity (Wildman–Crippen MR) is 117 cm³/mol. The number of aliphatic imine (C=N–C) groups is 1. The lowest BCUT2D eigenvalue weighted by Crippen LogP contribution is -2.37. The number of nitrogens with zero attached hydrogens (tertiary/aromatic N) is 1. The van der Waals surface area contributed by atoms with Gasteiger partial charge in [-0.25, -0.2) is 0 Å². The van der Waals surface area contributed by atoms with Gasteiger partial charge in [-0.05, 0) is 41.5 Å². The maximum absolute atomic E-state index is 5.79. The molecule has 2 N–H and O–H groups in total. The summed E-state index contributed by atoms with van der Waals surface area (Å²) in [5.41, 5.74) is 3.61. The summed E-state index contributed by atoms with van der Waals surface area (Å²) in [6.45, 7) is 2.98. The lowest BCUT2D eigenvalue weighted by atomic mass is 10.1. The van der Waals surface area contributed by atoms with Gasteiger partial charge in [0.1, 0.15) is 0 Å². The van der Waals surface area contributed by atoms with Crippen LogP contribution in [-0.2, 0) is 24.5 Å². The minimum Gasteiger partial charge on any atom is -0.372 e. The highest BCUT2D eigenvalue weighted by atomic mass is 32.2. The molecule has 2 aromatic rings. The number of hydrogen-bond donors (Lipinski definition) is 2. The average Bonchev–Trinajstić information content (AvgIpc) is 2.72. The van der Waals surface area contributed by atoms with Crippen LogP contribution in [0.1, 0.15) is 29.5 Å². The summed E-state index contributed by atoms with van der Waals surface area (Å²) in [6, 6.07) is 18.8. The highest BCUT2D eigenvalue weighted by Gasteiger charge is 2.00. The van der Waals surface area contributed by atoms with Crippen LogP contribution in [0.2, 0.25) is 0 Å². The zero-order chi connectivity index (χ0) is 19.2. The van der Waals surface area contributed by atoms with Crippen LogP contribution in [0.4, 0.5) is 0 Å². The van der Waals surface area contributed by atoms with Crippen LogP contribution >= 0.6 is 11.8 Å². The lowest BCUT2D eigenvalue weighted by molar-refractivity contribution is 0.107. The summed E-state index contributed by atoms with van der Waals surface area (Å²) in [5.74, 6) is 2.07. The Labute approximate surface area is 167 Å². The fourth-order valence-electron chi connectivity index (χ4n) is 2.60. The molecule has 0 radical (unpaired) electrons. The fourth-order valence-corrected chi connectivity index (χ4v) is 3.09. The van der Waals surface area contributed by atoms with Gasteiger partial charge in [-0.2, -0.15) is 11.8 Å². The third-order valence-corrected chi connectivity index (χ3v) is 4.85. The molecule has 0 atom stereocenters. The second-order valence-electron chi connectivity index (χ2n) is 6.35. The van der Waals surface area contributed by atoms with Crippen molar-refractivity contribution in [1.82, 2.24) is 10.6 Å². The first kappa shape index (κ1) is 21.3. The van der Waals surface area contributed by atoms with Gasteiger partial charge >= 0.3 is 0 Å². The first-order chi connectivity index (χ1) is 13.3. The van der Waals surface area contributed by atoms with Crippen molar-refractivity contribution >= 4 is 17.7 Å². The van der Waals surface area contributed by atoms with Crippen molar-refractivity contribution in [2.24, 2.45) is 4.99 Å². The Bertz CT molecular complexity index is 659. The molecule has 0 saturated carbocycles. The van der Waals surface area contributed by atoms with Crippen LogP contribution in [0.15, 0.2) is 59.6 Å². The number of guanidine groups is 1. The van der Waals surface area contributed by atoms with E-state index in [9.17, 15) is 0 Å². The highest BCUT2D eigenvalue weighted by molar-refractivity contribution is 7.98. The Morgan fingerprint density at radius 1 is 0.889 bits per heavy atom. The maximum atomic E-state index is 5.79. The van der Waals surface area contributed by atoms with Gasteiger partial charge in [-0.15, -0.1) is 0 Å². The Morgan fingerprint density at radius 3 is 2.22 bits per heavy atom. The zero-order valence-corrected chi connectivity index (χ0v) is 17.2. The van der Waals surface area contributed by atoms with E-state index in [-0.39, 0.29) is 0 Å². The molecule has 5 heteroatoms. The van der Waals surface area contributed by atoms with Gasteiger partial charge in [-0.1, -0.05) is 54.6 Å². The van der Waals surface area contributed by atoms with Crippen LogP contribution < -0.4 is 10.6 Å². The maximum Gasteiger partial charge on any atom is 0.191 e. The number of unbranched alkanes of at least 4 members (excludes halogenated alkanes) is 1. The van der Waals surface area contributed by atoms with Crippen LogP contribution in [0.5, 0.6) is 0 Å². The molecule has 0 spiro atoms. The molecular weight excluding hydrogens is 354 g/mol. The van der Waals surface area contributed by atoms with Gasteiger partial charge in [0.05, 0.1) is 13.2 Å². The largest absolute Gasteiger partial charge is 0.372 e. The molecular formula is C22H31N3OS. The topological polar surface area (TPSA) is 45.7 Å². The summed E-state index contributed by atoms with van der Waals surface area (Å²) in [4.78, 5) is 4.28. The van der Waals surface area contributed by atoms with E-state index in [4.69, 9.17) is 4.74 Å². The first-order valence-corrected chi connectivity index (χ1v) is 10.8. The summed E-state index contributed by atoms with van der Waals surface area (Å²) in [5, 5.41) is 6.73. The normalized spacial score (nSPS) is 11.4. The molecule has 2 aromatic carbocycles. The first-order valence-electron chi connectivity index (χ1n) is 9.44. The molecule has 0 saturated heterocycles. The third kappa shape index (κ3) is 8.98. The molecule has 0 fully saturated rings. The lowest BCUT2D eigenvalue weighted by Gasteiger charge is -2.12. The van der Waals surface area contributed by atoms with Crippen LogP contribution in [0.3, 0.4) is 0 Å². The Kier molecular flexibility index (Phi) is 10.4. The monoisotopic (exact) mass is 385 g/mol. The summed E-state index contributed by atoms with van der Waals surface area (Å²) in [6.07, 6.45) is 4.55. The van der Waals surface area contributed by atoms with Crippen molar-refractivity contribution in [1.29, 1.82) is 0 Å². The van der Waals surface area contributed by atoms with E-state index in [1.165, 1.54) is 35.3 Å². The van der Waals surface area contributed by atoms with E-state index in [1.54, 1.807) is 0 Å². The Balaban J connectivity index is 1.66. The number of rotatable bonds is 11. The van der Waals surface area contributed by atoms with E-state index in [0.29, 0.717) is 13.2 Å². The zero-order valence-electron chi connectivity index (χ0n) is 16.4. The minimum atomic E-state index is 0.627. The van der Waals surface area contributed by atoms with Gasteiger partial charge < -0.3 is 15.4 Å². The molecule has 0 aliphatic heterocycles. The van der Waals surface area contributed by atoms with Crippen molar-refractivity contribution in [3.05, 3.63) is 71.3 Å². The number of ether oxygens (including phenoxy) is 1. The highest BCUT2D eigenvalue weighted by Crippen LogP contribution is 2.08. The molecule has 27 heavy (non-hydrogen) atoms. The van der Waals surface area contributed by atoms with Crippen molar-refractivity contribution in [3.63, 3.8) is 0 Å². The van der Waals surface area contributed by atoms with Gasteiger partial charge in [0.25, 0.3) is 0 Å². The minimum absolute atomic E-state index is 0.627. The number of benzene rings is 2. The third-order valence-electron chi connectivity index (χ3n) is 4.15. The molecule has 0 unspecified atom stereocenters. The van der Waals surface area contributed by atoms with Crippen molar-refractivity contribution in [2.45, 2.75) is 32.6 Å². The fraction of sp³-hybridized carbons (Fsp3) is 0.409. The van der Waals surface area contributed by atoms with E-state index in [1.807, 2.05) is 37.0 Å². The quantitative estimate of drug-likeness (QED) is 0.345. The van der Waals surface area contributed by atoms with Crippen LogP contribution in [0.25, 0.3) is 0 Å². The summed E-state index contributed by atoms with van der Waals surface area (Å²) >= 11 is 1.90. The molecule has 0 amide bonds. The van der Waals surface area contributed by atoms with E-state index in [2.05, 4.69) is 58.3 Å². The molecule has 0 bridgehead atoms. The van der Waals surface area contributed by atoms with Gasteiger partial charge in [0.15, 0.2) is 5.96 Å². The molecule has 0 aliphatic carbocycles. The van der Waals surface area contributed by atoms with E-state index in [0.717, 1.165) is 19.0 Å². The van der Waals surface area contributed by atoms with E-state index >= 15 is 0 Å². The molecule has 2 rings (SSSR count). The van der Waals surface area contributed by atoms with Crippen LogP contribution in [0, 0.1) is 0 Å². The molecule has 0 heterocycles. The Hall–Kier alpha value is -1.98. The second kappa shape index (κ2) is 13.2. The van der Waals surface area contributed by atoms with Gasteiger partial charge in [-0.3, -0.25) is 4.99 Å². The second-order valence-corrected chi connectivity index (χ2v) is 7.33. The molecule has 0 aromatic heterocycles. The number of thioether (sulfide) groups is 1. The SMILES string of the molecule is CN=C(NCCCCSC)NCc1ccc(COCc2ccccc2)cc1. The van der Waals surface area contributed by atoms with E-state index < -0.39 is 0 Å². The predicted octanol–water partition coefficient (Wildman–Crippen LogP) is 4.21.